The first-order valence-corrected chi connectivity index (χ1v) is 5.18. The van der Waals surface area contributed by atoms with Crippen LogP contribution in [0.15, 0.2) is 22.7 Å². The van der Waals surface area contributed by atoms with Crippen LogP contribution in [0.3, 0.4) is 0 Å². The number of aromatic nitrogens is 3. The monoisotopic (exact) mass is 225 g/mol. The second-order valence-corrected chi connectivity index (χ2v) is 4.12. The third-order valence-corrected chi connectivity index (χ3v) is 2.30. The van der Waals surface area contributed by atoms with Crippen LogP contribution in [0.2, 0.25) is 0 Å². The lowest BCUT2D eigenvalue weighted by atomic mass is 10.4. The normalized spacial score (nSPS) is 13.0. The Morgan fingerprint density at radius 3 is 2.87 bits per heavy atom. The highest BCUT2D eigenvalue weighted by molar-refractivity contribution is 6.20. The van der Waals surface area contributed by atoms with Gasteiger partial charge in [0.05, 0.1) is 11.6 Å². The zero-order valence-corrected chi connectivity index (χ0v) is 9.40. The molecule has 0 saturated carbocycles. The van der Waals surface area contributed by atoms with Crippen molar-refractivity contribution in [1.82, 2.24) is 15.0 Å². The summed E-state index contributed by atoms with van der Waals surface area (Å²) in [6.45, 7) is 4.37. The largest absolute Gasteiger partial charge is 0.464 e. The molecule has 0 aliphatic carbocycles. The van der Waals surface area contributed by atoms with Crippen molar-refractivity contribution in [1.29, 1.82) is 0 Å². The molecule has 80 valence electrons. The van der Waals surface area contributed by atoms with Crippen molar-refractivity contribution < 1.29 is 4.42 Å². The lowest BCUT2D eigenvalue weighted by Crippen LogP contribution is -1.98. The molecular weight excluding hydrogens is 214 g/mol. The van der Waals surface area contributed by atoms with E-state index in [0.717, 1.165) is 17.2 Å². The van der Waals surface area contributed by atoms with E-state index in [0.29, 0.717) is 6.54 Å². The van der Waals surface area contributed by atoms with Gasteiger partial charge < -0.3 is 4.42 Å². The lowest BCUT2D eigenvalue weighted by Gasteiger charge is -1.96. The Labute approximate surface area is 92.8 Å². The molecule has 0 aliphatic heterocycles. The van der Waals surface area contributed by atoms with Crippen molar-refractivity contribution in [3.05, 3.63) is 35.5 Å². The molecule has 0 bridgehead atoms. The third kappa shape index (κ3) is 2.39. The Hall–Kier alpha value is -1.29. The maximum atomic E-state index is 5.88. The standard InChI is InChI=1S/C10H12ClN3O/c1-7-3-4-9(15-7)5-14-6-10(8(2)11)12-13-14/h3-4,6,8H,5H2,1-2H3. The minimum Gasteiger partial charge on any atom is -0.464 e. The van der Waals surface area contributed by atoms with Crippen molar-refractivity contribution in [3.63, 3.8) is 0 Å². The molecule has 0 saturated heterocycles. The van der Waals surface area contributed by atoms with Crippen LogP contribution in [0.25, 0.3) is 0 Å². The molecular formula is C10H12ClN3O. The highest BCUT2D eigenvalue weighted by atomic mass is 35.5. The van der Waals surface area contributed by atoms with E-state index in [9.17, 15) is 0 Å². The maximum absolute atomic E-state index is 5.88. The number of rotatable bonds is 3. The van der Waals surface area contributed by atoms with Gasteiger partial charge in [-0.2, -0.15) is 0 Å². The van der Waals surface area contributed by atoms with Crippen LogP contribution >= 0.6 is 11.6 Å². The summed E-state index contributed by atoms with van der Waals surface area (Å²) in [7, 11) is 0. The lowest BCUT2D eigenvalue weighted by molar-refractivity contribution is 0.455. The van der Waals surface area contributed by atoms with Gasteiger partial charge in [0.1, 0.15) is 23.8 Å². The second-order valence-electron chi connectivity index (χ2n) is 3.47. The van der Waals surface area contributed by atoms with Gasteiger partial charge in [-0.05, 0) is 26.0 Å². The highest BCUT2D eigenvalue weighted by Crippen LogP contribution is 2.16. The van der Waals surface area contributed by atoms with Gasteiger partial charge in [-0.3, -0.25) is 0 Å². The molecule has 15 heavy (non-hydrogen) atoms. The maximum Gasteiger partial charge on any atom is 0.125 e. The average molecular weight is 226 g/mol. The zero-order valence-electron chi connectivity index (χ0n) is 8.64. The molecule has 0 radical (unpaired) electrons. The first-order valence-electron chi connectivity index (χ1n) is 4.74. The molecule has 2 aromatic heterocycles. The highest BCUT2D eigenvalue weighted by Gasteiger charge is 2.07. The SMILES string of the molecule is Cc1ccc(Cn2cc(C(C)Cl)nn2)o1. The summed E-state index contributed by atoms with van der Waals surface area (Å²) < 4.78 is 7.15. The van der Waals surface area contributed by atoms with Crippen LogP contribution < -0.4 is 0 Å². The van der Waals surface area contributed by atoms with E-state index < -0.39 is 0 Å². The van der Waals surface area contributed by atoms with Gasteiger partial charge in [0.25, 0.3) is 0 Å². The van der Waals surface area contributed by atoms with E-state index in [1.165, 1.54) is 0 Å². The third-order valence-electron chi connectivity index (χ3n) is 2.08. The number of nitrogens with zero attached hydrogens (tertiary/aromatic N) is 3. The molecule has 0 amide bonds. The van der Waals surface area contributed by atoms with Gasteiger partial charge >= 0.3 is 0 Å². The predicted octanol–water partition coefficient (Wildman–Crippen LogP) is 2.53. The number of halogens is 1. The summed E-state index contributed by atoms with van der Waals surface area (Å²) in [5, 5.41) is 7.81. The molecule has 1 atom stereocenters. The summed E-state index contributed by atoms with van der Waals surface area (Å²) in [6.07, 6.45) is 1.83. The van der Waals surface area contributed by atoms with Crippen molar-refractivity contribution in [2.45, 2.75) is 25.8 Å². The molecule has 0 N–H and O–H groups in total. The Morgan fingerprint density at radius 2 is 2.33 bits per heavy atom. The molecule has 0 spiro atoms. The molecule has 5 heteroatoms. The number of hydrogen-bond acceptors (Lipinski definition) is 3. The summed E-state index contributed by atoms with van der Waals surface area (Å²) in [5.74, 6) is 1.77. The Bertz CT molecular complexity index is 447. The number of hydrogen-bond donors (Lipinski definition) is 0. The van der Waals surface area contributed by atoms with Gasteiger partial charge in [-0.25, -0.2) is 4.68 Å². The fourth-order valence-electron chi connectivity index (χ4n) is 1.30. The molecule has 2 heterocycles. The summed E-state index contributed by atoms with van der Waals surface area (Å²) in [4.78, 5) is 0. The van der Waals surface area contributed by atoms with E-state index in [1.54, 1.807) is 4.68 Å². The summed E-state index contributed by atoms with van der Waals surface area (Å²) in [5.41, 5.74) is 0.778. The van der Waals surface area contributed by atoms with Gasteiger partial charge in [0, 0.05) is 0 Å². The van der Waals surface area contributed by atoms with Crippen LogP contribution in [-0.4, -0.2) is 15.0 Å². The van der Waals surface area contributed by atoms with Gasteiger partial charge in [0.2, 0.25) is 0 Å². The van der Waals surface area contributed by atoms with Gasteiger partial charge in [-0.15, -0.1) is 16.7 Å². The zero-order chi connectivity index (χ0) is 10.8. The molecule has 0 aromatic carbocycles. The van der Waals surface area contributed by atoms with E-state index in [1.807, 2.05) is 32.2 Å². The fraction of sp³-hybridized carbons (Fsp3) is 0.400. The molecule has 2 rings (SSSR count). The minimum absolute atomic E-state index is 0.114. The number of aryl methyl sites for hydroxylation is 1. The van der Waals surface area contributed by atoms with Crippen LogP contribution in [0.5, 0.6) is 0 Å². The quantitative estimate of drug-likeness (QED) is 0.754. The van der Waals surface area contributed by atoms with Crippen LogP contribution in [0.4, 0.5) is 0 Å². The van der Waals surface area contributed by atoms with Crippen molar-refractivity contribution in [3.8, 4) is 0 Å². The predicted molar refractivity (Wildman–Crippen MR) is 56.8 cm³/mol. The van der Waals surface area contributed by atoms with Gasteiger partial charge in [0.15, 0.2) is 0 Å². The van der Waals surface area contributed by atoms with Crippen molar-refractivity contribution in [2.75, 3.05) is 0 Å². The number of furan rings is 1. The minimum atomic E-state index is -0.114. The second kappa shape index (κ2) is 4.06. The van der Waals surface area contributed by atoms with Crippen LogP contribution in [0, 0.1) is 6.92 Å². The van der Waals surface area contributed by atoms with E-state index in [2.05, 4.69) is 10.3 Å². The van der Waals surface area contributed by atoms with Gasteiger partial charge in [-0.1, -0.05) is 5.21 Å². The van der Waals surface area contributed by atoms with Crippen LogP contribution in [0.1, 0.15) is 29.5 Å². The van der Waals surface area contributed by atoms with E-state index in [4.69, 9.17) is 16.0 Å². The molecule has 0 aliphatic rings. The van der Waals surface area contributed by atoms with E-state index in [-0.39, 0.29) is 5.38 Å². The summed E-state index contributed by atoms with van der Waals surface area (Å²) >= 11 is 5.88. The molecule has 1 unspecified atom stereocenters. The molecule has 4 nitrogen and oxygen atoms in total. The topological polar surface area (TPSA) is 43.9 Å². The average Bonchev–Trinajstić information content (AvgIpc) is 2.76. The fourth-order valence-corrected chi connectivity index (χ4v) is 1.40. The van der Waals surface area contributed by atoms with E-state index >= 15 is 0 Å². The Morgan fingerprint density at radius 1 is 1.53 bits per heavy atom. The van der Waals surface area contributed by atoms with Crippen molar-refractivity contribution in [2.24, 2.45) is 0 Å². The van der Waals surface area contributed by atoms with Crippen LogP contribution in [-0.2, 0) is 6.54 Å². The molecule has 0 fully saturated rings. The summed E-state index contributed by atoms with van der Waals surface area (Å²) in [6, 6.07) is 3.86. The smallest absolute Gasteiger partial charge is 0.125 e. The number of alkyl halides is 1. The first-order chi connectivity index (χ1) is 7.15. The Kier molecular flexibility index (Phi) is 2.77. The first kappa shape index (κ1) is 10.2. The van der Waals surface area contributed by atoms with Crippen molar-refractivity contribution >= 4 is 11.6 Å². The Balaban J connectivity index is 2.11. The molecule has 2 aromatic rings.